The molecule has 6 heteroatoms. The van der Waals surface area contributed by atoms with E-state index in [1.165, 1.54) is 0 Å². The molecule has 1 aromatic heterocycles. The van der Waals surface area contributed by atoms with Crippen molar-refractivity contribution in [2.45, 2.75) is 31.8 Å². The molecule has 2 aromatic rings. The molecule has 1 aliphatic rings. The van der Waals surface area contributed by atoms with E-state index < -0.39 is 0 Å². The average molecular weight is 315 g/mol. The van der Waals surface area contributed by atoms with Gasteiger partial charge in [0.05, 0.1) is 5.56 Å². The van der Waals surface area contributed by atoms with Gasteiger partial charge in [-0.2, -0.15) is 5.10 Å². The van der Waals surface area contributed by atoms with Crippen LogP contribution in [-0.2, 0) is 6.42 Å². The van der Waals surface area contributed by atoms with Crippen molar-refractivity contribution < 1.29 is 4.74 Å². The first-order chi connectivity index (χ1) is 11.3. The highest BCUT2D eigenvalue weighted by atomic mass is 16.5. The van der Waals surface area contributed by atoms with Gasteiger partial charge in [0.15, 0.2) is 5.82 Å². The van der Waals surface area contributed by atoms with Crippen LogP contribution in [0.1, 0.15) is 25.1 Å². The van der Waals surface area contributed by atoms with Gasteiger partial charge in [0.25, 0.3) is 0 Å². The molecule has 0 unspecified atom stereocenters. The molecule has 1 saturated heterocycles. The number of nitrogens with zero attached hydrogens (tertiary/aromatic N) is 3. The molecule has 1 fully saturated rings. The highest BCUT2D eigenvalue weighted by molar-refractivity contribution is 5.63. The van der Waals surface area contributed by atoms with Crippen molar-refractivity contribution >= 4 is 0 Å². The second kappa shape index (κ2) is 7.57. The topological polar surface area (TPSA) is 80.1 Å². The second-order valence-corrected chi connectivity index (χ2v) is 6.11. The number of rotatable bonds is 6. The summed E-state index contributed by atoms with van der Waals surface area (Å²) in [4.78, 5) is 6.91. The van der Waals surface area contributed by atoms with Gasteiger partial charge < -0.3 is 15.4 Å². The fraction of sp³-hybridized carbons (Fsp3) is 0.529. The third-order valence-corrected chi connectivity index (χ3v) is 4.24. The second-order valence-electron chi connectivity index (χ2n) is 6.11. The number of aryl methyl sites for hydroxylation is 1. The first-order valence-corrected chi connectivity index (χ1v) is 8.32. The molecule has 1 aliphatic heterocycles. The Morgan fingerprint density at radius 3 is 2.87 bits per heavy atom. The third-order valence-electron chi connectivity index (χ3n) is 4.24. The van der Waals surface area contributed by atoms with Gasteiger partial charge in [0, 0.05) is 19.5 Å². The summed E-state index contributed by atoms with van der Waals surface area (Å²) < 4.78 is 6.24. The summed E-state index contributed by atoms with van der Waals surface area (Å²) in [5.41, 5.74) is 6.49. The van der Waals surface area contributed by atoms with Gasteiger partial charge in [-0.3, -0.25) is 5.10 Å². The number of likely N-dealkylation sites (tertiary alicyclic amines) is 1. The number of ether oxygens (including phenoxy) is 1. The summed E-state index contributed by atoms with van der Waals surface area (Å²) in [5, 5.41) is 7.34. The number of para-hydroxylation sites is 1. The van der Waals surface area contributed by atoms with Crippen LogP contribution in [0, 0.1) is 0 Å². The smallest absolute Gasteiger partial charge is 0.184 e. The highest BCUT2D eigenvalue weighted by Crippen LogP contribution is 2.29. The predicted molar refractivity (Wildman–Crippen MR) is 90.3 cm³/mol. The first kappa shape index (κ1) is 16.0. The summed E-state index contributed by atoms with van der Waals surface area (Å²) in [6, 6.07) is 8.01. The van der Waals surface area contributed by atoms with Crippen molar-refractivity contribution in [3.8, 4) is 17.1 Å². The summed E-state index contributed by atoms with van der Waals surface area (Å²) in [6.45, 7) is 2.82. The van der Waals surface area contributed by atoms with Crippen LogP contribution in [0.25, 0.3) is 11.4 Å². The Morgan fingerprint density at radius 2 is 2.09 bits per heavy atom. The lowest BCUT2D eigenvalue weighted by Gasteiger charge is -2.29. The Balaban J connectivity index is 1.73. The lowest BCUT2D eigenvalue weighted by atomic mass is 10.1. The van der Waals surface area contributed by atoms with Crippen LogP contribution in [0.2, 0.25) is 0 Å². The van der Waals surface area contributed by atoms with E-state index in [0.717, 1.165) is 55.9 Å². The number of H-pyrrole nitrogens is 1. The Hall–Kier alpha value is -1.92. The van der Waals surface area contributed by atoms with E-state index in [2.05, 4.69) is 27.1 Å². The molecule has 1 aromatic carbocycles. The number of nitrogens with two attached hydrogens (primary N) is 1. The monoisotopic (exact) mass is 315 g/mol. The van der Waals surface area contributed by atoms with Crippen molar-refractivity contribution in [3.63, 3.8) is 0 Å². The molecule has 0 atom stereocenters. The number of hydrogen-bond donors (Lipinski definition) is 2. The number of hydrogen-bond acceptors (Lipinski definition) is 5. The minimum Gasteiger partial charge on any atom is -0.490 e. The highest BCUT2D eigenvalue weighted by Gasteiger charge is 2.20. The zero-order chi connectivity index (χ0) is 16.1. The van der Waals surface area contributed by atoms with Crippen molar-refractivity contribution in [2.24, 2.45) is 5.73 Å². The maximum Gasteiger partial charge on any atom is 0.184 e. The SMILES string of the molecule is CN1CCC(Oc2ccccc2-c2n[nH]c(CCCN)n2)CC1. The lowest BCUT2D eigenvalue weighted by molar-refractivity contribution is 0.115. The molecule has 23 heavy (non-hydrogen) atoms. The Labute approximate surface area is 137 Å². The number of aromatic nitrogens is 3. The van der Waals surface area contributed by atoms with E-state index in [-0.39, 0.29) is 6.10 Å². The zero-order valence-corrected chi connectivity index (χ0v) is 13.7. The van der Waals surface area contributed by atoms with Crippen molar-refractivity contribution in [1.29, 1.82) is 0 Å². The molecule has 124 valence electrons. The Kier molecular flexibility index (Phi) is 5.25. The molecular formula is C17H25N5O. The van der Waals surface area contributed by atoms with E-state index in [0.29, 0.717) is 12.4 Å². The summed E-state index contributed by atoms with van der Waals surface area (Å²) in [5.74, 6) is 2.44. The molecule has 0 radical (unpaired) electrons. The average Bonchev–Trinajstić information content (AvgIpc) is 3.04. The number of nitrogens with one attached hydrogen (secondary N) is 1. The van der Waals surface area contributed by atoms with Gasteiger partial charge in [-0.05, 0) is 45.0 Å². The normalized spacial score (nSPS) is 16.6. The molecule has 3 N–H and O–H groups in total. The predicted octanol–water partition coefficient (Wildman–Crippen LogP) is 1.84. The quantitative estimate of drug-likeness (QED) is 0.850. The Bertz CT molecular complexity index is 619. The molecule has 2 heterocycles. The van der Waals surface area contributed by atoms with E-state index >= 15 is 0 Å². The van der Waals surface area contributed by atoms with Gasteiger partial charge in [-0.25, -0.2) is 4.98 Å². The number of benzene rings is 1. The molecule has 6 nitrogen and oxygen atoms in total. The molecule has 0 saturated carbocycles. The minimum atomic E-state index is 0.267. The van der Waals surface area contributed by atoms with E-state index in [1.807, 2.05) is 24.3 Å². The summed E-state index contributed by atoms with van der Waals surface area (Å²) in [6.07, 6.45) is 4.10. The first-order valence-electron chi connectivity index (χ1n) is 8.32. The van der Waals surface area contributed by atoms with E-state index in [4.69, 9.17) is 10.5 Å². The van der Waals surface area contributed by atoms with E-state index in [1.54, 1.807) is 0 Å². The van der Waals surface area contributed by atoms with Crippen molar-refractivity contribution in [3.05, 3.63) is 30.1 Å². The van der Waals surface area contributed by atoms with Crippen molar-refractivity contribution in [1.82, 2.24) is 20.1 Å². The Morgan fingerprint density at radius 1 is 1.30 bits per heavy atom. The van der Waals surface area contributed by atoms with Crippen LogP contribution in [0.15, 0.2) is 24.3 Å². The lowest BCUT2D eigenvalue weighted by Crippen LogP contribution is -2.35. The van der Waals surface area contributed by atoms with Crippen molar-refractivity contribution in [2.75, 3.05) is 26.7 Å². The van der Waals surface area contributed by atoms with Gasteiger partial charge in [-0.1, -0.05) is 12.1 Å². The van der Waals surface area contributed by atoms with Gasteiger partial charge in [0.2, 0.25) is 0 Å². The van der Waals surface area contributed by atoms with Crippen LogP contribution in [0.4, 0.5) is 0 Å². The molecule has 0 spiro atoms. The molecule has 0 amide bonds. The van der Waals surface area contributed by atoms with Crippen LogP contribution in [0.5, 0.6) is 5.75 Å². The van der Waals surface area contributed by atoms with E-state index in [9.17, 15) is 0 Å². The van der Waals surface area contributed by atoms with Gasteiger partial charge in [0.1, 0.15) is 17.7 Å². The molecular weight excluding hydrogens is 290 g/mol. The van der Waals surface area contributed by atoms with Crippen LogP contribution in [-0.4, -0.2) is 52.9 Å². The fourth-order valence-corrected chi connectivity index (χ4v) is 2.83. The molecule has 0 aliphatic carbocycles. The zero-order valence-electron chi connectivity index (χ0n) is 13.7. The maximum atomic E-state index is 6.24. The van der Waals surface area contributed by atoms with Crippen LogP contribution in [0.3, 0.4) is 0 Å². The largest absolute Gasteiger partial charge is 0.490 e. The van der Waals surface area contributed by atoms with Gasteiger partial charge in [-0.15, -0.1) is 0 Å². The maximum absolute atomic E-state index is 6.24. The number of piperidine rings is 1. The standard InChI is InChI=1S/C17H25N5O/c1-22-11-8-13(9-12-22)23-15-6-3-2-5-14(15)17-19-16(20-21-17)7-4-10-18/h2-3,5-6,13H,4,7-12,18H2,1H3,(H,19,20,21). The van der Waals surface area contributed by atoms with Crippen LogP contribution >= 0.6 is 0 Å². The minimum absolute atomic E-state index is 0.267. The van der Waals surface area contributed by atoms with Gasteiger partial charge >= 0.3 is 0 Å². The van der Waals surface area contributed by atoms with Crippen LogP contribution < -0.4 is 10.5 Å². The summed E-state index contributed by atoms with van der Waals surface area (Å²) in [7, 11) is 2.15. The third kappa shape index (κ3) is 4.09. The summed E-state index contributed by atoms with van der Waals surface area (Å²) >= 11 is 0. The molecule has 0 bridgehead atoms. The fourth-order valence-electron chi connectivity index (χ4n) is 2.83. The number of aromatic amines is 1. The molecule has 3 rings (SSSR count).